The summed E-state index contributed by atoms with van der Waals surface area (Å²) in [5, 5.41) is 21.4. The molecule has 2 amide bonds. The molecule has 248 valence electrons. The first-order valence-electron chi connectivity index (χ1n) is 17.3. The first-order chi connectivity index (χ1) is 22.9. The van der Waals surface area contributed by atoms with Crippen molar-refractivity contribution in [2.75, 3.05) is 31.7 Å². The average Bonchev–Trinajstić information content (AvgIpc) is 3.85. The number of aliphatic hydroxyl groups is 1. The second-order valence-electron chi connectivity index (χ2n) is 13.6. The fourth-order valence-electron chi connectivity index (χ4n) is 7.46. The minimum Gasteiger partial charge on any atom is -0.495 e. The monoisotopic (exact) mass is 638 g/mol. The first-order valence-corrected chi connectivity index (χ1v) is 17.3. The third-order valence-electron chi connectivity index (χ3n) is 10.4. The molecule has 9 nitrogen and oxygen atoms in total. The number of carbonyl (C=O) groups is 2. The molecule has 0 radical (unpaired) electrons. The van der Waals surface area contributed by atoms with E-state index in [1.807, 2.05) is 35.2 Å². The number of nitriles is 1. The minimum atomic E-state index is -0.0797. The molecule has 0 saturated heterocycles. The molecule has 1 heterocycles. The van der Waals surface area contributed by atoms with Gasteiger partial charge in [0.05, 0.1) is 19.3 Å². The van der Waals surface area contributed by atoms with Gasteiger partial charge in [0.1, 0.15) is 23.8 Å². The SMILES string of the molecule is COc1ccc(C2CCC(CN(C(=O)C3CCC(CC(=O)NCCO)CC3)c3cccc(-c4coc(C5CC5)n4)c3)CC2)cc1C#N. The molecule has 0 aliphatic heterocycles. The van der Waals surface area contributed by atoms with Gasteiger partial charge in [0.25, 0.3) is 0 Å². The summed E-state index contributed by atoms with van der Waals surface area (Å²) in [5.74, 6) is 2.91. The van der Waals surface area contributed by atoms with Crippen molar-refractivity contribution >= 4 is 17.5 Å². The Hall–Kier alpha value is -4.16. The van der Waals surface area contributed by atoms with E-state index >= 15 is 0 Å². The molecular formula is C38H46N4O5. The molecular weight excluding hydrogens is 592 g/mol. The Kier molecular flexibility index (Phi) is 10.6. The van der Waals surface area contributed by atoms with Gasteiger partial charge in [0, 0.05) is 42.6 Å². The maximum atomic E-state index is 14.4. The lowest BCUT2D eigenvalue weighted by molar-refractivity contribution is -0.124. The molecule has 0 bridgehead atoms. The van der Waals surface area contributed by atoms with Crippen molar-refractivity contribution in [1.29, 1.82) is 5.26 Å². The van der Waals surface area contributed by atoms with Gasteiger partial charge < -0.3 is 24.5 Å². The van der Waals surface area contributed by atoms with Gasteiger partial charge in [-0.15, -0.1) is 0 Å². The van der Waals surface area contributed by atoms with Crippen molar-refractivity contribution in [3.05, 3.63) is 65.7 Å². The number of benzene rings is 2. The number of oxazole rings is 1. The number of nitrogens with one attached hydrogen (secondary N) is 1. The van der Waals surface area contributed by atoms with Gasteiger partial charge in [-0.2, -0.15) is 5.26 Å². The number of aliphatic hydroxyl groups excluding tert-OH is 1. The number of rotatable bonds is 12. The Morgan fingerprint density at radius 2 is 1.74 bits per heavy atom. The molecule has 9 heteroatoms. The van der Waals surface area contributed by atoms with Crippen LogP contribution in [-0.2, 0) is 9.59 Å². The topological polar surface area (TPSA) is 129 Å². The van der Waals surface area contributed by atoms with E-state index in [1.165, 1.54) is 5.56 Å². The van der Waals surface area contributed by atoms with Crippen LogP contribution in [0.2, 0.25) is 0 Å². The lowest BCUT2D eigenvalue weighted by Gasteiger charge is -2.36. The number of aromatic nitrogens is 1. The Morgan fingerprint density at radius 3 is 2.45 bits per heavy atom. The number of amides is 2. The molecule has 6 rings (SSSR count). The van der Waals surface area contributed by atoms with Crippen molar-refractivity contribution in [2.24, 2.45) is 17.8 Å². The van der Waals surface area contributed by atoms with Gasteiger partial charge in [-0.3, -0.25) is 9.59 Å². The molecule has 3 aliphatic carbocycles. The van der Waals surface area contributed by atoms with Gasteiger partial charge in [-0.05, 0) is 112 Å². The molecule has 2 aromatic carbocycles. The lowest BCUT2D eigenvalue weighted by atomic mass is 9.77. The maximum Gasteiger partial charge on any atom is 0.230 e. The summed E-state index contributed by atoms with van der Waals surface area (Å²) in [6.07, 6.45) is 11.7. The van der Waals surface area contributed by atoms with E-state index in [0.717, 1.165) is 87.0 Å². The first kappa shape index (κ1) is 32.8. The van der Waals surface area contributed by atoms with Gasteiger partial charge in [-0.1, -0.05) is 18.2 Å². The highest BCUT2D eigenvalue weighted by Crippen LogP contribution is 2.41. The summed E-state index contributed by atoms with van der Waals surface area (Å²) in [4.78, 5) is 33.4. The van der Waals surface area contributed by atoms with Crippen molar-refractivity contribution in [1.82, 2.24) is 10.3 Å². The summed E-state index contributed by atoms with van der Waals surface area (Å²) < 4.78 is 11.1. The van der Waals surface area contributed by atoms with E-state index in [0.29, 0.717) is 42.0 Å². The highest BCUT2D eigenvalue weighted by molar-refractivity contribution is 5.95. The molecule has 3 aliphatic rings. The Labute approximate surface area is 277 Å². The van der Waals surface area contributed by atoms with Crippen molar-refractivity contribution in [2.45, 2.75) is 82.5 Å². The van der Waals surface area contributed by atoms with Crippen LogP contribution in [-0.4, -0.2) is 48.7 Å². The standard InChI is InChI=1S/C38H46N4O5/c1-46-35-16-15-30(20-32(35)22-39)27-9-7-26(8-10-27)23-42(38(45)29-11-5-25(6-12-29)19-36(44)40-17-18-43)33-4-2-3-31(21-33)34-24-47-37(41-34)28-13-14-28/h2-4,15-16,20-21,24-29,43H,5-14,17-19,23H2,1H3,(H,40,44). The summed E-state index contributed by atoms with van der Waals surface area (Å²) in [5.41, 5.74) is 4.40. The largest absolute Gasteiger partial charge is 0.495 e. The summed E-state index contributed by atoms with van der Waals surface area (Å²) in [6.45, 7) is 0.879. The highest BCUT2D eigenvalue weighted by atomic mass is 16.5. The van der Waals surface area contributed by atoms with Crippen LogP contribution in [0.15, 0.2) is 53.1 Å². The molecule has 0 atom stereocenters. The van der Waals surface area contributed by atoms with Crippen molar-refractivity contribution < 1.29 is 23.8 Å². The van der Waals surface area contributed by atoms with Crippen LogP contribution >= 0.6 is 0 Å². The molecule has 0 unspecified atom stereocenters. The molecule has 3 aromatic rings. The van der Waals surface area contributed by atoms with Crippen molar-refractivity contribution in [3.8, 4) is 23.1 Å². The van der Waals surface area contributed by atoms with Gasteiger partial charge >= 0.3 is 0 Å². The van der Waals surface area contributed by atoms with Crippen LogP contribution in [0.4, 0.5) is 5.69 Å². The fourth-order valence-corrected chi connectivity index (χ4v) is 7.46. The summed E-state index contributed by atoms with van der Waals surface area (Å²) in [7, 11) is 1.59. The van der Waals surface area contributed by atoms with Crippen LogP contribution < -0.4 is 15.0 Å². The smallest absolute Gasteiger partial charge is 0.230 e. The van der Waals surface area contributed by atoms with E-state index in [4.69, 9.17) is 19.2 Å². The molecule has 1 aromatic heterocycles. The maximum absolute atomic E-state index is 14.4. The number of ether oxygens (including phenoxy) is 1. The summed E-state index contributed by atoms with van der Waals surface area (Å²) >= 11 is 0. The molecule has 3 fully saturated rings. The van der Waals surface area contributed by atoms with Crippen LogP contribution in [0.25, 0.3) is 11.3 Å². The number of methoxy groups -OCH3 is 1. The number of hydrogen-bond acceptors (Lipinski definition) is 7. The molecule has 2 N–H and O–H groups in total. The third kappa shape index (κ3) is 8.05. The fraction of sp³-hybridized carbons (Fsp3) is 0.526. The van der Waals surface area contributed by atoms with Crippen LogP contribution in [0, 0.1) is 29.1 Å². The predicted octanol–water partition coefficient (Wildman–Crippen LogP) is 6.71. The van der Waals surface area contributed by atoms with Crippen LogP contribution in [0.5, 0.6) is 5.75 Å². The highest BCUT2D eigenvalue weighted by Gasteiger charge is 2.34. The van der Waals surface area contributed by atoms with Gasteiger partial charge in [0.2, 0.25) is 11.8 Å². The molecule has 0 spiro atoms. The molecule has 47 heavy (non-hydrogen) atoms. The zero-order valence-electron chi connectivity index (χ0n) is 27.3. The zero-order chi connectivity index (χ0) is 32.8. The average molecular weight is 639 g/mol. The quantitative estimate of drug-likeness (QED) is 0.226. The van der Waals surface area contributed by atoms with E-state index in [9.17, 15) is 14.9 Å². The van der Waals surface area contributed by atoms with Crippen LogP contribution in [0.1, 0.15) is 99.5 Å². The minimum absolute atomic E-state index is 0.0287. The normalized spacial score (nSPS) is 22.7. The van der Waals surface area contributed by atoms with Gasteiger partial charge in [-0.25, -0.2) is 4.98 Å². The van der Waals surface area contributed by atoms with Crippen molar-refractivity contribution in [3.63, 3.8) is 0 Å². The summed E-state index contributed by atoms with van der Waals surface area (Å²) in [6, 6.07) is 16.4. The number of carbonyl (C=O) groups excluding carboxylic acids is 2. The van der Waals surface area contributed by atoms with E-state index in [1.54, 1.807) is 13.4 Å². The second kappa shape index (κ2) is 15.2. The lowest BCUT2D eigenvalue weighted by Crippen LogP contribution is -2.41. The Morgan fingerprint density at radius 1 is 1.00 bits per heavy atom. The Balaban J connectivity index is 1.16. The second-order valence-corrected chi connectivity index (χ2v) is 13.6. The van der Waals surface area contributed by atoms with E-state index in [-0.39, 0.29) is 36.8 Å². The van der Waals surface area contributed by atoms with Crippen LogP contribution in [0.3, 0.4) is 0 Å². The Bertz CT molecular complexity index is 1570. The number of hydrogen-bond donors (Lipinski definition) is 2. The predicted molar refractivity (Wildman–Crippen MR) is 179 cm³/mol. The van der Waals surface area contributed by atoms with Gasteiger partial charge in [0.15, 0.2) is 5.89 Å². The van der Waals surface area contributed by atoms with E-state index < -0.39 is 0 Å². The van der Waals surface area contributed by atoms with E-state index in [2.05, 4.69) is 23.5 Å². The third-order valence-corrected chi connectivity index (χ3v) is 10.4. The number of nitrogens with zero attached hydrogens (tertiary/aromatic N) is 3. The zero-order valence-corrected chi connectivity index (χ0v) is 27.3. The molecule has 3 saturated carbocycles. The number of anilines is 1.